The van der Waals surface area contributed by atoms with E-state index < -0.39 is 0 Å². The molecule has 0 atom stereocenters. The van der Waals surface area contributed by atoms with Crippen LogP contribution >= 0.6 is 0 Å². The van der Waals surface area contributed by atoms with Crippen molar-refractivity contribution < 1.29 is 0 Å². The molecule has 0 aromatic rings. The Kier molecular flexibility index (Phi) is 7.06. The first-order valence-corrected chi connectivity index (χ1v) is 11.3. The lowest BCUT2D eigenvalue weighted by Gasteiger charge is -2.74. The van der Waals surface area contributed by atoms with E-state index in [-0.39, 0.29) is 0 Å². The van der Waals surface area contributed by atoms with Gasteiger partial charge in [-0.2, -0.15) is 0 Å². The summed E-state index contributed by atoms with van der Waals surface area (Å²) in [4.78, 5) is 8.42. The molecule has 3 heterocycles. The largest absolute Gasteiger partial charge is 0.339 e. The minimum Gasteiger partial charge on any atom is -0.339 e. The monoisotopic (exact) mass is 359 g/mol. The average Bonchev–Trinajstić information content (AvgIpc) is 2.41. The third-order valence-corrected chi connectivity index (χ3v) is 6.98. The Labute approximate surface area is 165 Å². The van der Waals surface area contributed by atoms with Gasteiger partial charge in [0.15, 0.2) is 0 Å². The summed E-state index contributed by atoms with van der Waals surface area (Å²) in [5, 5.41) is 0. The molecule has 6 heteroatoms. The lowest BCUT2D eigenvalue weighted by molar-refractivity contribution is 0.254. The highest BCUT2D eigenvalue weighted by molar-refractivity contribution is 7.27. The molecule has 3 rings (SSSR count). The van der Waals surface area contributed by atoms with E-state index >= 15 is 0 Å². The van der Waals surface area contributed by atoms with Gasteiger partial charge in [-0.1, -0.05) is 94.3 Å². The zero-order valence-corrected chi connectivity index (χ0v) is 19.7. The molecule has 3 aliphatic heterocycles. The van der Waals surface area contributed by atoms with Crippen LogP contribution in [0.5, 0.6) is 0 Å². The van der Waals surface area contributed by atoms with E-state index in [1.165, 1.54) is 0 Å². The molecule has 0 spiro atoms. The molecule has 0 amide bonds. The fourth-order valence-electron chi connectivity index (χ4n) is 6.59. The summed E-state index contributed by atoms with van der Waals surface area (Å²) < 4.78 is 0. The fraction of sp³-hybridized carbons (Fsp3) is 1.00. The predicted octanol–water partition coefficient (Wildman–Crippen LogP) is 4.24. The van der Waals surface area contributed by atoms with Crippen molar-refractivity contribution in [3.05, 3.63) is 0 Å². The predicted molar refractivity (Wildman–Crippen MR) is 121 cm³/mol. The average molecular weight is 359 g/mol. The van der Waals surface area contributed by atoms with Crippen LogP contribution in [0, 0.1) is 0 Å². The Morgan fingerprint density at radius 2 is 0.538 bits per heavy atom. The van der Waals surface area contributed by atoms with Crippen molar-refractivity contribution in [3.63, 3.8) is 0 Å². The molecule has 0 N–H and O–H groups in total. The van der Waals surface area contributed by atoms with Crippen LogP contribution < -0.4 is 0 Å². The standard InChI is InChI=1S/C20H44B3N3/c1-13(2)24(14(3)4)21-19-22(25(15(5)6)16(7)8)20(21)23(19)26(17(9)10)18(11)12/h13-20H,1-12H3. The minimum absolute atomic E-state index is 0.630. The molecule has 0 aromatic carbocycles. The second-order valence-corrected chi connectivity index (χ2v) is 10.5. The number of hydrogen-bond acceptors (Lipinski definition) is 3. The van der Waals surface area contributed by atoms with Crippen LogP contribution in [0.2, 0.25) is 11.2 Å². The van der Waals surface area contributed by atoms with E-state index in [1.54, 1.807) is 0 Å². The van der Waals surface area contributed by atoms with Crippen molar-refractivity contribution in [2.75, 3.05) is 0 Å². The molecule has 0 unspecified atom stereocenters. The number of rotatable bonds is 9. The van der Waals surface area contributed by atoms with Crippen LogP contribution in [0.25, 0.3) is 0 Å². The quantitative estimate of drug-likeness (QED) is 0.571. The Hall–Kier alpha value is 0.0748. The molecular weight excluding hydrogens is 315 g/mol. The maximum atomic E-state index is 2.81. The van der Waals surface area contributed by atoms with Gasteiger partial charge in [-0.15, -0.1) is 0 Å². The van der Waals surface area contributed by atoms with Gasteiger partial charge in [0.05, 0.1) is 0 Å². The van der Waals surface area contributed by atoms with E-state index in [2.05, 4.69) is 97.5 Å². The third-order valence-electron chi connectivity index (χ3n) is 6.98. The smallest absolute Gasteiger partial charge is 0.206 e. The van der Waals surface area contributed by atoms with E-state index in [0.29, 0.717) is 36.3 Å². The van der Waals surface area contributed by atoms with Gasteiger partial charge in [0.1, 0.15) is 0 Å². The summed E-state index contributed by atoms with van der Waals surface area (Å²) >= 11 is 0. The van der Waals surface area contributed by atoms with Crippen molar-refractivity contribution in [2.45, 2.75) is 131 Å². The molecule has 3 aliphatic rings. The maximum absolute atomic E-state index is 2.81. The molecule has 0 aliphatic carbocycles. The lowest BCUT2D eigenvalue weighted by atomic mass is 8.75. The topological polar surface area (TPSA) is 9.72 Å². The minimum atomic E-state index is 0.630. The Morgan fingerprint density at radius 3 is 0.654 bits per heavy atom. The summed E-state index contributed by atoms with van der Waals surface area (Å²) in [5.74, 6) is 0. The van der Waals surface area contributed by atoms with Crippen molar-refractivity contribution in [2.24, 2.45) is 0 Å². The van der Waals surface area contributed by atoms with Crippen molar-refractivity contribution in [1.82, 2.24) is 14.4 Å². The Morgan fingerprint density at radius 1 is 0.385 bits per heavy atom. The summed E-state index contributed by atoms with van der Waals surface area (Å²) in [6.07, 6.45) is 0. The first-order chi connectivity index (χ1) is 11.9. The zero-order chi connectivity index (χ0) is 20.1. The molecular formula is C20H44B3N3. The van der Waals surface area contributed by atoms with Crippen molar-refractivity contribution >= 4 is 20.5 Å². The molecule has 3 saturated heterocycles. The van der Waals surface area contributed by atoms with E-state index in [0.717, 1.165) is 31.8 Å². The second-order valence-electron chi connectivity index (χ2n) is 10.5. The highest BCUT2D eigenvalue weighted by Gasteiger charge is 2.79. The van der Waals surface area contributed by atoms with Gasteiger partial charge >= 0.3 is 0 Å². The Bertz CT molecular complexity index is 365. The SMILES string of the molecule is CC(C)N(B1C2B(N(C(C)C)C(C)C)C1B2N(C(C)C)C(C)C)C(C)C. The van der Waals surface area contributed by atoms with E-state index in [9.17, 15) is 0 Å². The number of nitrogens with zero attached hydrogens (tertiary/aromatic N) is 3. The fourth-order valence-corrected chi connectivity index (χ4v) is 6.59. The van der Waals surface area contributed by atoms with Crippen LogP contribution in [-0.2, 0) is 0 Å². The van der Waals surface area contributed by atoms with Crippen LogP contribution in [0.15, 0.2) is 0 Å². The van der Waals surface area contributed by atoms with Gasteiger partial charge in [0, 0.05) is 0 Å². The summed E-state index contributed by atoms with van der Waals surface area (Å²) in [6, 6.07) is 3.78. The van der Waals surface area contributed by atoms with Gasteiger partial charge in [-0.05, 0) is 36.3 Å². The maximum Gasteiger partial charge on any atom is 0.206 e. The molecule has 26 heavy (non-hydrogen) atoms. The highest BCUT2D eigenvalue weighted by Crippen LogP contribution is 2.63. The van der Waals surface area contributed by atoms with Gasteiger partial charge < -0.3 is 14.4 Å². The zero-order valence-electron chi connectivity index (χ0n) is 19.7. The Balaban J connectivity index is 2.31. The summed E-state index contributed by atoms with van der Waals surface area (Å²) in [6.45, 7) is 30.9. The van der Waals surface area contributed by atoms with E-state index in [1.807, 2.05) is 0 Å². The number of hydrogen-bond donors (Lipinski definition) is 0. The molecule has 2 bridgehead atoms. The normalized spacial score (nSPS) is 23.2. The third kappa shape index (κ3) is 3.55. The lowest BCUT2D eigenvalue weighted by Crippen LogP contribution is -2.91. The summed E-state index contributed by atoms with van der Waals surface area (Å²) in [7, 11) is 0. The first-order valence-electron chi connectivity index (χ1n) is 11.3. The van der Waals surface area contributed by atoms with Crippen LogP contribution in [-0.4, -0.2) is 71.2 Å². The molecule has 0 saturated carbocycles. The molecule has 148 valence electrons. The van der Waals surface area contributed by atoms with Gasteiger partial charge in [-0.3, -0.25) is 0 Å². The van der Waals surface area contributed by atoms with Gasteiger partial charge in [0.2, 0.25) is 20.5 Å². The van der Waals surface area contributed by atoms with Crippen LogP contribution in [0.3, 0.4) is 0 Å². The van der Waals surface area contributed by atoms with Gasteiger partial charge in [-0.25, -0.2) is 0 Å². The molecule has 3 fully saturated rings. The molecule has 0 radical (unpaired) electrons. The van der Waals surface area contributed by atoms with Crippen molar-refractivity contribution in [1.29, 1.82) is 0 Å². The van der Waals surface area contributed by atoms with Crippen molar-refractivity contribution in [3.8, 4) is 0 Å². The van der Waals surface area contributed by atoms with Crippen LogP contribution in [0.1, 0.15) is 83.1 Å². The van der Waals surface area contributed by atoms with Crippen LogP contribution in [0.4, 0.5) is 0 Å². The first kappa shape index (κ1) is 22.4. The van der Waals surface area contributed by atoms with E-state index in [4.69, 9.17) is 0 Å². The molecule has 0 aromatic heterocycles. The van der Waals surface area contributed by atoms with Gasteiger partial charge in [0.25, 0.3) is 0 Å². The highest BCUT2D eigenvalue weighted by atomic mass is 15.2. The summed E-state index contributed by atoms with van der Waals surface area (Å²) in [5.41, 5.74) is 1.58. The second kappa shape index (κ2) is 8.21. The molecule has 3 nitrogen and oxygen atoms in total.